The van der Waals surface area contributed by atoms with E-state index >= 15 is 0 Å². The third-order valence-electron chi connectivity index (χ3n) is 4.38. The standard InChI is InChI=1S/C18H25N5O2/c1-2-17-22-20-13-23(17)12-11-19-18(24)21-15-9-5-6-10-16(15)25-14-7-3-4-8-14/h5-6,9-10,13-14H,2-4,7-8,11-12H2,1H3,(H2,19,21,24). The maximum Gasteiger partial charge on any atom is 0.319 e. The van der Waals surface area contributed by atoms with Crippen LogP contribution in [0.1, 0.15) is 38.4 Å². The maximum atomic E-state index is 12.2. The van der Waals surface area contributed by atoms with E-state index in [-0.39, 0.29) is 12.1 Å². The molecule has 134 valence electrons. The van der Waals surface area contributed by atoms with Crippen LogP contribution in [-0.2, 0) is 13.0 Å². The molecule has 2 amide bonds. The van der Waals surface area contributed by atoms with Gasteiger partial charge in [-0.2, -0.15) is 0 Å². The van der Waals surface area contributed by atoms with Crippen molar-refractivity contribution in [1.29, 1.82) is 0 Å². The predicted octanol–water partition coefficient (Wildman–Crippen LogP) is 2.98. The van der Waals surface area contributed by atoms with Crippen LogP contribution in [0.15, 0.2) is 30.6 Å². The first kappa shape index (κ1) is 17.3. The summed E-state index contributed by atoms with van der Waals surface area (Å²) in [4.78, 5) is 12.2. The Morgan fingerprint density at radius 3 is 2.92 bits per heavy atom. The van der Waals surface area contributed by atoms with Crippen LogP contribution in [0.3, 0.4) is 0 Å². The van der Waals surface area contributed by atoms with E-state index < -0.39 is 0 Å². The molecule has 0 bridgehead atoms. The number of para-hydroxylation sites is 2. The van der Waals surface area contributed by atoms with Gasteiger partial charge >= 0.3 is 6.03 Å². The van der Waals surface area contributed by atoms with Crippen LogP contribution in [0, 0.1) is 0 Å². The van der Waals surface area contributed by atoms with Crippen molar-refractivity contribution in [2.24, 2.45) is 0 Å². The lowest BCUT2D eigenvalue weighted by Crippen LogP contribution is -2.32. The molecule has 1 aliphatic rings. The van der Waals surface area contributed by atoms with Gasteiger partial charge in [0.15, 0.2) is 0 Å². The topological polar surface area (TPSA) is 81.1 Å². The molecule has 0 atom stereocenters. The zero-order valence-electron chi connectivity index (χ0n) is 14.6. The number of benzene rings is 1. The van der Waals surface area contributed by atoms with Crippen LogP contribution in [-0.4, -0.2) is 33.4 Å². The monoisotopic (exact) mass is 343 g/mol. The van der Waals surface area contributed by atoms with Crippen molar-refractivity contribution >= 4 is 11.7 Å². The number of anilines is 1. The van der Waals surface area contributed by atoms with E-state index in [2.05, 4.69) is 20.8 Å². The average molecular weight is 343 g/mol. The SMILES string of the molecule is CCc1nncn1CCNC(=O)Nc1ccccc1OC1CCCC1. The summed E-state index contributed by atoms with van der Waals surface area (Å²) in [6, 6.07) is 7.33. The third kappa shape index (κ3) is 4.71. The first-order chi connectivity index (χ1) is 12.3. The van der Waals surface area contributed by atoms with Crippen molar-refractivity contribution in [3.63, 3.8) is 0 Å². The lowest BCUT2D eigenvalue weighted by molar-refractivity contribution is 0.211. The molecule has 3 rings (SSSR count). The molecule has 0 radical (unpaired) electrons. The fraction of sp³-hybridized carbons (Fsp3) is 0.500. The number of carbonyl (C=O) groups is 1. The van der Waals surface area contributed by atoms with Crippen molar-refractivity contribution in [3.05, 3.63) is 36.4 Å². The van der Waals surface area contributed by atoms with Gasteiger partial charge in [-0.05, 0) is 37.8 Å². The molecule has 2 aromatic rings. The van der Waals surface area contributed by atoms with Crippen molar-refractivity contribution in [3.8, 4) is 5.75 Å². The van der Waals surface area contributed by atoms with Gasteiger partial charge in [-0.3, -0.25) is 0 Å². The summed E-state index contributed by atoms with van der Waals surface area (Å²) in [6.07, 6.45) is 7.35. The Balaban J connectivity index is 1.50. The Morgan fingerprint density at radius 2 is 2.12 bits per heavy atom. The quantitative estimate of drug-likeness (QED) is 0.810. The minimum atomic E-state index is -0.242. The van der Waals surface area contributed by atoms with E-state index in [0.717, 1.165) is 30.8 Å². The van der Waals surface area contributed by atoms with Gasteiger partial charge in [0.05, 0.1) is 11.8 Å². The number of urea groups is 1. The lowest BCUT2D eigenvalue weighted by Gasteiger charge is -2.17. The third-order valence-corrected chi connectivity index (χ3v) is 4.38. The summed E-state index contributed by atoms with van der Waals surface area (Å²) in [5.41, 5.74) is 0.699. The minimum absolute atomic E-state index is 0.242. The molecular formula is C18H25N5O2. The van der Waals surface area contributed by atoms with E-state index in [0.29, 0.717) is 18.8 Å². The predicted molar refractivity (Wildman–Crippen MR) is 95.7 cm³/mol. The lowest BCUT2D eigenvalue weighted by atomic mass is 10.2. The van der Waals surface area contributed by atoms with E-state index in [4.69, 9.17) is 4.74 Å². The first-order valence-corrected chi connectivity index (χ1v) is 8.93. The number of rotatable bonds is 7. The second-order valence-electron chi connectivity index (χ2n) is 6.20. The van der Waals surface area contributed by atoms with Gasteiger partial charge in [-0.1, -0.05) is 19.1 Å². The number of aryl methyl sites for hydroxylation is 1. The van der Waals surface area contributed by atoms with Crippen LogP contribution >= 0.6 is 0 Å². The molecule has 7 nitrogen and oxygen atoms in total. The molecule has 0 saturated heterocycles. The molecule has 1 fully saturated rings. The van der Waals surface area contributed by atoms with Crippen molar-refractivity contribution in [1.82, 2.24) is 20.1 Å². The second-order valence-corrected chi connectivity index (χ2v) is 6.20. The highest BCUT2D eigenvalue weighted by Gasteiger charge is 2.18. The Hall–Kier alpha value is -2.57. The highest BCUT2D eigenvalue weighted by molar-refractivity contribution is 5.90. The fourth-order valence-electron chi connectivity index (χ4n) is 3.05. The van der Waals surface area contributed by atoms with Gasteiger partial charge in [0.2, 0.25) is 0 Å². The Labute approximate surface area is 147 Å². The molecule has 1 heterocycles. The maximum absolute atomic E-state index is 12.2. The molecule has 7 heteroatoms. The molecule has 1 aromatic carbocycles. The van der Waals surface area contributed by atoms with E-state index in [1.807, 2.05) is 35.8 Å². The van der Waals surface area contributed by atoms with E-state index in [1.54, 1.807) is 6.33 Å². The van der Waals surface area contributed by atoms with Crippen LogP contribution in [0.2, 0.25) is 0 Å². The van der Waals surface area contributed by atoms with Crippen LogP contribution < -0.4 is 15.4 Å². The molecule has 0 unspecified atom stereocenters. The summed E-state index contributed by atoms with van der Waals surface area (Å²) in [7, 11) is 0. The molecule has 1 aromatic heterocycles. The summed E-state index contributed by atoms with van der Waals surface area (Å²) < 4.78 is 7.98. The van der Waals surface area contributed by atoms with Gasteiger partial charge in [0, 0.05) is 19.5 Å². The summed E-state index contributed by atoms with van der Waals surface area (Å²) in [6.45, 7) is 3.17. The van der Waals surface area contributed by atoms with Crippen molar-refractivity contribution in [2.45, 2.75) is 51.7 Å². The normalized spacial score (nSPS) is 14.4. The van der Waals surface area contributed by atoms with Gasteiger partial charge < -0.3 is 19.9 Å². The number of carbonyl (C=O) groups excluding carboxylic acids is 1. The Kier molecular flexibility index (Phi) is 5.87. The smallest absolute Gasteiger partial charge is 0.319 e. The van der Waals surface area contributed by atoms with E-state index in [9.17, 15) is 4.79 Å². The highest BCUT2D eigenvalue weighted by atomic mass is 16.5. The molecule has 25 heavy (non-hydrogen) atoms. The van der Waals surface area contributed by atoms with Crippen molar-refractivity contribution < 1.29 is 9.53 Å². The molecule has 0 aliphatic heterocycles. The minimum Gasteiger partial charge on any atom is -0.488 e. The molecule has 0 spiro atoms. The Morgan fingerprint density at radius 1 is 1.32 bits per heavy atom. The van der Waals surface area contributed by atoms with Crippen molar-refractivity contribution in [2.75, 3.05) is 11.9 Å². The van der Waals surface area contributed by atoms with Gasteiger partial charge in [-0.25, -0.2) is 4.79 Å². The van der Waals surface area contributed by atoms with Crippen LogP contribution in [0.25, 0.3) is 0 Å². The molecule has 2 N–H and O–H groups in total. The summed E-state index contributed by atoms with van der Waals surface area (Å²) in [5.74, 6) is 1.65. The highest BCUT2D eigenvalue weighted by Crippen LogP contribution is 2.29. The molecule has 1 aliphatic carbocycles. The summed E-state index contributed by atoms with van der Waals surface area (Å²) in [5, 5.41) is 13.7. The first-order valence-electron chi connectivity index (χ1n) is 8.93. The zero-order chi connectivity index (χ0) is 17.5. The number of ether oxygens (including phenoxy) is 1. The zero-order valence-corrected chi connectivity index (χ0v) is 14.6. The van der Waals surface area contributed by atoms with Gasteiger partial charge in [0.1, 0.15) is 17.9 Å². The number of nitrogens with zero attached hydrogens (tertiary/aromatic N) is 3. The molecule has 1 saturated carbocycles. The number of nitrogens with one attached hydrogen (secondary N) is 2. The van der Waals surface area contributed by atoms with Gasteiger partial charge in [0.25, 0.3) is 0 Å². The number of hydrogen-bond donors (Lipinski definition) is 2. The second kappa shape index (κ2) is 8.50. The molecular weight excluding hydrogens is 318 g/mol. The number of amides is 2. The van der Waals surface area contributed by atoms with E-state index in [1.165, 1.54) is 12.8 Å². The number of aromatic nitrogens is 3. The average Bonchev–Trinajstić information content (AvgIpc) is 3.28. The largest absolute Gasteiger partial charge is 0.488 e. The fourth-order valence-corrected chi connectivity index (χ4v) is 3.05. The number of hydrogen-bond acceptors (Lipinski definition) is 4. The van der Waals surface area contributed by atoms with Crippen LogP contribution in [0.4, 0.5) is 10.5 Å². The van der Waals surface area contributed by atoms with Crippen LogP contribution in [0.5, 0.6) is 5.75 Å². The van der Waals surface area contributed by atoms with Gasteiger partial charge in [-0.15, -0.1) is 10.2 Å². The Bertz CT molecular complexity index is 694. The summed E-state index contributed by atoms with van der Waals surface area (Å²) >= 11 is 0.